The summed E-state index contributed by atoms with van der Waals surface area (Å²) in [7, 11) is 0. The van der Waals surface area contributed by atoms with Gasteiger partial charge < -0.3 is 9.80 Å². The van der Waals surface area contributed by atoms with Crippen LogP contribution in [0.5, 0.6) is 0 Å². The first-order valence-corrected chi connectivity index (χ1v) is 10.8. The number of hydrogen-bond donors (Lipinski definition) is 0. The molecule has 162 valence electrons. The van der Waals surface area contributed by atoms with Crippen molar-refractivity contribution >= 4 is 23.4 Å². The van der Waals surface area contributed by atoms with Crippen LogP contribution in [-0.4, -0.2) is 87.1 Å². The van der Waals surface area contributed by atoms with Crippen LogP contribution >= 0.6 is 11.6 Å². The molecule has 0 unspecified atom stereocenters. The highest BCUT2D eigenvalue weighted by atomic mass is 35.5. The van der Waals surface area contributed by atoms with Crippen molar-refractivity contribution in [1.82, 2.24) is 29.5 Å². The van der Waals surface area contributed by atoms with E-state index in [-0.39, 0.29) is 17.6 Å². The zero-order valence-corrected chi connectivity index (χ0v) is 18.6. The molecule has 0 atom stereocenters. The van der Waals surface area contributed by atoms with Crippen LogP contribution in [0.3, 0.4) is 0 Å². The Hall–Kier alpha value is -2.45. The lowest BCUT2D eigenvalue weighted by atomic mass is 10.3. The van der Waals surface area contributed by atoms with Crippen LogP contribution in [-0.2, 0) is 4.79 Å². The van der Waals surface area contributed by atoms with Crippen molar-refractivity contribution in [2.75, 3.05) is 45.8 Å². The van der Waals surface area contributed by atoms with Gasteiger partial charge in [0.15, 0.2) is 0 Å². The third-order valence-electron chi connectivity index (χ3n) is 5.38. The molecule has 2 amide bonds. The molecule has 2 aromatic rings. The van der Waals surface area contributed by atoms with Gasteiger partial charge in [0, 0.05) is 44.3 Å². The maximum absolute atomic E-state index is 13.0. The molecule has 0 aliphatic carbocycles. The normalized spacial score (nSPS) is 15.1. The van der Waals surface area contributed by atoms with Gasteiger partial charge in [0.2, 0.25) is 11.7 Å². The number of hydrogen-bond acceptors (Lipinski definition) is 5. The van der Waals surface area contributed by atoms with E-state index in [1.165, 1.54) is 0 Å². The molecule has 0 spiro atoms. The van der Waals surface area contributed by atoms with Crippen LogP contribution in [0.1, 0.15) is 36.7 Å². The zero-order valence-electron chi connectivity index (χ0n) is 17.8. The monoisotopic (exact) mass is 432 g/mol. The fraction of sp³-hybridized carbons (Fsp3) is 0.524. The first-order valence-electron chi connectivity index (χ1n) is 10.4. The van der Waals surface area contributed by atoms with E-state index in [0.717, 1.165) is 31.7 Å². The van der Waals surface area contributed by atoms with E-state index in [4.69, 9.17) is 11.6 Å². The maximum atomic E-state index is 13.0. The van der Waals surface area contributed by atoms with E-state index in [0.29, 0.717) is 37.0 Å². The second-order valence-corrected chi connectivity index (χ2v) is 7.80. The standard InChI is InChI=1S/C21H29ClN6O2/c1-4-26(5-2)19(29)15-25-11-6-12-27(14-13-25)21(30)20-23-16(3)28(24-20)18-9-7-17(22)8-10-18/h7-10H,4-6,11-15H2,1-3H3. The summed E-state index contributed by atoms with van der Waals surface area (Å²) in [5.41, 5.74) is 0.806. The smallest absolute Gasteiger partial charge is 0.293 e. The minimum Gasteiger partial charge on any atom is -0.342 e. The highest BCUT2D eigenvalue weighted by Gasteiger charge is 2.25. The lowest BCUT2D eigenvalue weighted by Crippen LogP contribution is -2.42. The van der Waals surface area contributed by atoms with Crippen molar-refractivity contribution < 1.29 is 9.59 Å². The quantitative estimate of drug-likeness (QED) is 0.699. The van der Waals surface area contributed by atoms with E-state index < -0.39 is 0 Å². The molecule has 3 rings (SSSR count). The molecular weight excluding hydrogens is 404 g/mol. The molecule has 0 saturated carbocycles. The topological polar surface area (TPSA) is 74.6 Å². The summed E-state index contributed by atoms with van der Waals surface area (Å²) in [5, 5.41) is 5.07. The molecule has 9 heteroatoms. The molecular formula is C21H29ClN6O2. The molecule has 1 aromatic heterocycles. The van der Waals surface area contributed by atoms with Crippen LogP contribution < -0.4 is 0 Å². The molecule has 1 saturated heterocycles. The molecule has 0 N–H and O–H groups in total. The first-order chi connectivity index (χ1) is 14.4. The molecule has 0 bridgehead atoms. The van der Waals surface area contributed by atoms with Gasteiger partial charge in [0.25, 0.3) is 5.91 Å². The van der Waals surface area contributed by atoms with E-state index in [1.54, 1.807) is 21.7 Å². The number of aryl methyl sites for hydroxylation is 1. The first kappa shape index (κ1) is 22.2. The Kier molecular flexibility index (Phi) is 7.44. The van der Waals surface area contributed by atoms with Gasteiger partial charge in [-0.3, -0.25) is 14.5 Å². The summed E-state index contributed by atoms with van der Waals surface area (Å²) < 4.78 is 1.65. The van der Waals surface area contributed by atoms with Gasteiger partial charge >= 0.3 is 0 Å². The summed E-state index contributed by atoms with van der Waals surface area (Å²) in [6.07, 6.45) is 0.814. The second-order valence-electron chi connectivity index (χ2n) is 7.36. The number of amides is 2. The summed E-state index contributed by atoms with van der Waals surface area (Å²) >= 11 is 5.95. The summed E-state index contributed by atoms with van der Waals surface area (Å²) in [6, 6.07) is 7.24. The number of nitrogens with zero attached hydrogens (tertiary/aromatic N) is 6. The molecule has 8 nitrogen and oxygen atoms in total. The van der Waals surface area contributed by atoms with Gasteiger partial charge in [-0.1, -0.05) is 11.6 Å². The molecule has 1 aliphatic rings. The lowest BCUT2D eigenvalue weighted by molar-refractivity contribution is -0.132. The highest BCUT2D eigenvalue weighted by molar-refractivity contribution is 6.30. The number of carbonyl (C=O) groups excluding carboxylic acids is 2. The van der Waals surface area contributed by atoms with E-state index in [2.05, 4.69) is 15.0 Å². The maximum Gasteiger partial charge on any atom is 0.293 e. The predicted octanol–water partition coefficient (Wildman–Crippen LogP) is 2.25. The SMILES string of the molecule is CCN(CC)C(=O)CN1CCCN(C(=O)c2nc(C)n(-c3ccc(Cl)cc3)n2)CC1. The van der Waals surface area contributed by atoms with Crippen LogP contribution in [0.25, 0.3) is 5.69 Å². The third kappa shape index (κ3) is 5.17. The average molecular weight is 433 g/mol. The number of carbonyl (C=O) groups is 2. The lowest BCUT2D eigenvalue weighted by Gasteiger charge is -2.25. The fourth-order valence-corrected chi connectivity index (χ4v) is 3.77. The van der Waals surface area contributed by atoms with Crippen LogP contribution in [0.15, 0.2) is 24.3 Å². The Bertz CT molecular complexity index is 878. The van der Waals surface area contributed by atoms with Gasteiger partial charge in [-0.05, 0) is 51.5 Å². The Morgan fingerprint density at radius 2 is 1.77 bits per heavy atom. The second kappa shape index (κ2) is 10.0. The summed E-state index contributed by atoms with van der Waals surface area (Å²) in [6.45, 7) is 10.3. The average Bonchev–Trinajstić information content (AvgIpc) is 2.97. The van der Waals surface area contributed by atoms with Crippen molar-refractivity contribution in [1.29, 1.82) is 0 Å². The molecule has 1 aliphatic heterocycles. The summed E-state index contributed by atoms with van der Waals surface area (Å²) in [4.78, 5) is 35.5. The van der Waals surface area contributed by atoms with Gasteiger partial charge in [0.1, 0.15) is 5.82 Å². The number of halogens is 1. The third-order valence-corrected chi connectivity index (χ3v) is 5.63. The van der Waals surface area contributed by atoms with E-state index in [9.17, 15) is 9.59 Å². The van der Waals surface area contributed by atoms with Crippen LogP contribution in [0.2, 0.25) is 5.02 Å². The van der Waals surface area contributed by atoms with Crippen molar-refractivity contribution in [3.8, 4) is 5.69 Å². The summed E-state index contributed by atoms with van der Waals surface area (Å²) in [5.74, 6) is 0.790. The zero-order chi connectivity index (χ0) is 21.7. The number of rotatable bonds is 6. The fourth-order valence-electron chi connectivity index (χ4n) is 3.65. The van der Waals surface area contributed by atoms with E-state index >= 15 is 0 Å². The number of benzene rings is 1. The Balaban J connectivity index is 1.64. The molecule has 0 radical (unpaired) electrons. The highest BCUT2D eigenvalue weighted by Crippen LogP contribution is 2.15. The van der Waals surface area contributed by atoms with Crippen molar-refractivity contribution in [2.24, 2.45) is 0 Å². The molecule has 30 heavy (non-hydrogen) atoms. The van der Waals surface area contributed by atoms with Gasteiger partial charge in [-0.15, -0.1) is 5.10 Å². The van der Waals surface area contributed by atoms with E-state index in [1.807, 2.05) is 37.8 Å². The van der Waals surface area contributed by atoms with Gasteiger partial charge in [0.05, 0.1) is 12.2 Å². The van der Waals surface area contributed by atoms with Gasteiger partial charge in [-0.25, -0.2) is 9.67 Å². The van der Waals surface area contributed by atoms with Gasteiger partial charge in [-0.2, -0.15) is 0 Å². The molecule has 1 aromatic carbocycles. The molecule has 1 fully saturated rings. The predicted molar refractivity (Wildman–Crippen MR) is 116 cm³/mol. The Morgan fingerprint density at radius 1 is 1.07 bits per heavy atom. The Morgan fingerprint density at radius 3 is 2.43 bits per heavy atom. The number of likely N-dealkylation sites (N-methyl/N-ethyl adjacent to an activating group) is 1. The Labute approximate surface area is 182 Å². The minimum atomic E-state index is -0.178. The van der Waals surface area contributed by atoms with Crippen molar-refractivity contribution in [2.45, 2.75) is 27.2 Å². The molecule has 2 heterocycles. The largest absolute Gasteiger partial charge is 0.342 e. The van der Waals surface area contributed by atoms with Crippen LogP contribution in [0, 0.1) is 6.92 Å². The van der Waals surface area contributed by atoms with Crippen molar-refractivity contribution in [3.05, 3.63) is 40.9 Å². The van der Waals surface area contributed by atoms with Crippen molar-refractivity contribution in [3.63, 3.8) is 0 Å². The minimum absolute atomic E-state index is 0.138. The number of aromatic nitrogens is 3. The van der Waals surface area contributed by atoms with Crippen LogP contribution in [0.4, 0.5) is 0 Å².